The van der Waals surface area contributed by atoms with Gasteiger partial charge in [0.2, 0.25) is 5.91 Å². The molecule has 0 aromatic heterocycles. The molecular formula is C18H23N3O5. The maximum absolute atomic E-state index is 12.6. The van der Waals surface area contributed by atoms with Crippen LogP contribution < -0.4 is 20.1 Å². The van der Waals surface area contributed by atoms with Crippen LogP contribution in [-0.2, 0) is 9.59 Å². The Balaban J connectivity index is 1.65. The average Bonchev–Trinajstić information content (AvgIpc) is 2.77. The van der Waals surface area contributed by atoms with Crippen LogP contribution in [0.2, 0.25) is 0 Å². The van der Waals surface area contributed by atoms with E-state index in [9.17, 15) is 14.4 Å². The molecule has 0 bridgehead atoms. The summed E-state index contributed by atoms with van der Waals surface area (Å²) < 4.78 is 10.9. The topological polar surface area (TPSA) is 97.0 Å². The van der Waals surface area contributed by atoms with Crippen LogP contribution in [0.1, 0.15) is 27.2 Å². The molecule has 0 aliphatic carbocycles. The fourth-order valence-electron chi connectivity index (χ4n) is 3.31. The molecule has 0 saturated carbocycles. The highest BCUT2D eigenvalue weighted by molar-refractivity contribution is 6.09. The van der Waals surface area contributed by atoms with Gasteiger partial charge in [-0.3, -0.25) is 14.5 Å². The van der Waals surface area contributed by atoms with Gasteiger partial charge in [-0.05, 0) is 31.4 Å². The second-order valence-corrected chi connectivity index (χ2v) is 7.16. The number of hydrogen-bond acceptors (Lipinski definition) is 5. The lowest BCUT2D eigenvalue weighted by atomic mass is 9.91. The van der Waals surface area contributed by atoms with Gasteiger partial charge >= 0.3 is 6.03 Å². The molecule has 140 valence electrons. The quantitative estimate of drug-likeness (QED) is 0.779. The van der Waals surface area contributed by atoms with Crippen LogP contribution in [0, 0.1) is 5.92 Å². The third kappa shape index (κ3) is 3.58. The minimum absolute atomic E-state index is 0.232. The van der Waals surface area contributed by atoms with Gasteiger partial charge in [0.15, 0.2) is 11.5 Å². The van der Waals surface area contributed by atoms with Crippen molar-refractivity contribution in [1.29, 1.82) is 0 Å². The summed E-state index contributed by atoms with van der Waals surface area (Å²) >= 11 is 0. The Labute approximate surface area is 151 Å². The van der Waals surface area contributed by atoms with Gasteiger partial charge < -0.3 is 20.1 Å². The van der Waals surface area contributed by atoms with E-state index < -0.39 is 17.5 Å². The van der Waals surface area contributed by atoms with E-state index in [4.69, 9.17) is 9.47 Å². The van der Waals surface area contributed by atoms with Crippen LogP contribution in [0.4, 0.5) is 10.5 Å². The largest absolute Gasteiger partial charge is 0.486 e. The van der Waals surface area contributed by atoms with E-state index in [-0.39, 0.29) is 18.4 Å². The molecule has 2 aliphatic rings. The van der Waals surface area contributed by atoms with Gasteiger partial charge in [0.1, 0.15) is 25.3 Å². The first-order valence-corrected chi connectivity index (χ1v) is 8.62. The molecule has 8 heteroatoms. The molecule has 3 rings (SSSR count). The Hall–Kier alpha value is -2.77. The lowest BCUT2D eigenvalue weighted by Crippen LogP contribution is -2.45. The van der Waals surface area contributed by atoms with Gasteiger partial charge in [0, 0.05) is 11.8 Å². The van der Waals surface area contributed by atoms with Gasteiger partial charge in [0.25, 0.3) is 5.91 Å². The number of fused-ring (bicyclic) bond motifs is 1. The second-order valence-electron chi connectivity index (χ2n) is 7.16. The number of carbonyl (C=O) groups excluding carboxylic acids is 3. The maximum atomic E-state index is 12.6. The normalized spacial score (nSPS) is 21.8. The lowest BCUT2D eigenvalue weighted by Gasteiger charge is -2.23. The molecule has 1 aromatic carbocycles. The van der Waals surface area contributed by atoms with Crippen LogP contribution in [-0.4, -0.2) is 48.0 Å². The zero-order valence-corrected chi connectivity index (χ0v) is 15.1. The SMILES string of the molecule is CC(C)C[C@]1(C)NC(=O)N(CC(=O)Nc2ccc3c(c2)OCCO3)C1=O. The number of carbonyl (C=O) groups is 3. The summed E-state index contributed by atoms with van der Waals surface area (Å²) in [7, 11) is 0. The Morgan fingerprint density at radius 1 is 1.27 bits per heavy atom. The number of ether oxygens (including phenoxy) is 2. The number of amides is 4. The van der Waals surface area contributed by atoms with Crippen molar-refractivity contribution in [2.24, 2.45) is 5.92 Å². The molecule has 1 saturated heterocycles. The smallest absolute Gasteiger partial charge is 0.325 e. The van der Waals surface area contributed by atoms with Gasteiger partial charge in [-0.25, -0.2) is 4.79 Å². The highest BCUT2D eigenvalue weighted by Gasteiger charge is 2.48. The van der Waals surface area contributed by atoms with Crippen molar-refractivity contribution in [2.45, 2.75) is 32.7 Å². The summed E-state index contributed by atoms with van der Waals surface area (Å²) in [5.41, 5.74) is -0.459. The monoisotopic (exact) mass is 361 g/mol. The molecule has 2 N–H and O–H groups in total. The van der Waals surface area contributed by atoms with Crippen molar-refractivity contribution < 1.29 is 23.9 Å². The van der Waals surface area contributed by atoms with Crippen molar-refractivity contribution in [2.75, 3.05) is 25.1 Å². The molecule has 1 fully saturated rings. The van der Waals surface area contributed by atoms with Crippen molar-refractivity contribution >= 4 is 23.5 Å². The molecule has 0 radical (unpaired) electrons. The van der Waals surface area contributed by atoms with Gasteiger partial charge in [0.05, 0.1) is 0 Å². The summed E-state index contributed by atoms with van der Waals surface area (Å²) in [6.45, 7) is 6.23. The van der Waals surface area contributed by atoms with E-state index in [1.807, 2.05) is 13.8 Å². The molecular weight excluding hydrogens is 338 g/mol. The summed E-state index contributed by atoms with van der Waals surface area (Å²) in [5.74, 6) is 0.560. The van der Waals surface area contributed by atoms with E-state index in [0.717, 1.165) is 4.90 Å². The van der Waals surface area contributed by atoms with Gasteiger partial charge in [-0.1, -0.05) is 13.8 Å². The standard InChI is InChI=1S/C18H23N3O5/c1-11(2)9-18(3)16(23)21(17(24)20-18)10-15(22)19-12-4-5-13-14(8-12)26-7-6-25-13/h4-5,8,11H,6-7,9-10H2,1-3H3,(H,19,22)(H,20,24)/t18-/m0/s1. The number of nitrogens with zero attached hydrogens (tertiary/aromatic N) is 1. The van der Waals surface area contributed by atoms with Crippen molar-refractivity contribution in [3.8, 4) is 11.5 Å². The third-order valence-electron chi connectivity index (χ3n) is 4.29. The van der Waals surface area contributed by atoms with E-state index in [1.54, 1.807) is 25.1 Å². The number of urea groups is 1. The summed E-state index contributed by atoms with van der Waals surface area (Å²) in [6, 6.07) is 4.49. The predicted octanol–water partition coefficient (Wildman–Crippen LogP) is 1.75. The third-order valence-corrected chi connectivity index (χ3v) is 4.29. The van der Waals surface area contributed by atoms with Gasteiger partial charge in [-0.2, -0.15) is 0 Å². The van der Waals surface area contributed by atoms with Crippen LogP contribution in [0.3, 0.4) is 0 Å². The fraction of sp³-hybridized carbons (Fsp3) is 0.500. The number of benzene rings is 1. The molecule has 8 nitrogen and oxygen atoms in total. The van der Waals surface area contributed by atoms with E-state index >= 15 is 0 Å². The first kappa shape index (κ1) is 18.0. The van der Waals surface area contributed by atoms with E-state index in [1.165, 1.54) is 0 Å². The Kier molecular flexibility index (Phi) is 4.76. The number of imide groups is 1. The van der Waals surface area contributed by atoms with Crippen LogP contribution >= 0.6 is 0 Å². The maximum Gasteiger partial charge on any atom is 0.325 e. The molecule has 0 spiro atoms. The second kappa shape index (κ2) is 6.86. The zero-order chi connectivity index (χ0) is 18.9. The fourth-order valence-corrected chi connectivity index (χ4v) is 3.31. The molecule has 2 heterocycles. The summed E-state index contributed by atoms with van der Waals surface area (Å²) in [4.78, 5) is 38.0. The predicted molar refractivity (Wildman–Crippen MR) is 94.2 cm³/mol. The lowest BCUT2D eigenvalue weighted by molar-refractivity contribution is -0.133. The first-order chi connectivity index (χ1) is 12.3. The molecule has 4 amide bonds. The number of rotatable bonds is 5. The zero-order valence-electron chi connectivity index (χ0n) is 15.1. The Morgan fingerprint density at radius 2 is 1.96 bits per heavy atom. The van der Waals surface area contributed by atoms with Crippen LogP contribution in [0.25, 0.3) is 0 Å². The molecule has 1 aromatic rings. The van der Waals surface area contributed by atoms with Crippen LogP contribution in [0.15, 0.2) is 18.2 Å². The molecule has 0 unspecified atom stereocenters. The molecule has 2 aliphatic heterocycles. The van der Waals surface area contributed by atoms with Crippen molar-refractivity contribution in [3.63, 3.8) is 0 Å². The van der Waals surface area contributed by atoms with E-state index in [2.05, 4.69) is 10.6 Å². The summed E-state index contributed by atoms with van der Waals surface area (Å²) in [6.07, 6.45) is 0.512. The van der Waals surface area contributed by atoms with E-state index in [0.29, 0.717) is 36.8 Å². The molecule has 1 atom stereocenters. The number of hydrogen-bond donors (Lipinski definition) is 2. The number of anilines is 1. The Morgan fingerprint density at radius 3 is 2.65 bits per heavy atom. The molecule has 26 heavy (non-hydrogen) atoms. The average molecular weight is 361 g/mol. The number of nitrogens with one attached hydrogen (secondary N) is 2. The summed E-state index contributed by atoms with van der Waals surface area (Å²) in [5, 5.41) is 5.37. The van der Waals surface area contributed by atoms with Crippen molar-refractivity contribution in [1.82, 2.24) is 10.2 Å². The minimum atomic E-state index is -0.970. The first-order valence-electron chi connectivity index (χ1n) is 8.62. The van der Waals surface area contributed by atoms with Gasteiger partial charge in [-0.15, -0.1) is 0 Å². The highest BCUT2D eigenvalue weighted by Crippen LogP contribution is 2.32. The van der Waals surface area contributed by atoms with Crippen molar-refractivity contribution in [3.05, 3.63) is 18.2 Å². The Bertz CT molecular complexity index is 748. The highest BCUT2D eigenvalue weighted by atomic mass is 16.6. The van der Waals surface area contributed by atoms with Crippen LogP contribution in [0.5, 0.6) is 11.5 Å². The minimum Gasteiger partial charge on any atom is -0.486 e.